The van der Waals surface area contributed by atoms with Crippen LogP contribution in [-0.4, -0.2) is 70.5 Å². The van der Waals surface area contributed by atoms with Gasteiger partial charge >= 0.3 is 0 Å². The summed E-state index contributed by atoms with van der Waals surface area (Å²) in [7, 11) is 1.79. The van der Waals surface area contributed by atoms with Crippen LogP contribution in [0.15, 0.2) is 29.3 Å². The Morgan fingerprint density at radius 3 is 2.78 bits per heavy atom. The Hall–Kier alpha value is -0.610. The van der Waals surface area contributed by atoms with Crippen LogP contribution in [0.3, 0.4) is 0 Å². The molecule has 1 fully saturated rings. The topological polar surface area (TPSA) is 58.1 Å². The minimum atomic E-state index is 0. The van der Waals surface area contributed by atoms with Gasteiger partial charge in [-0.3, -0.25) is 9.89 Å². The lowest BCUT2D eigenvalue weighted by Crippen LogP contribution is -2.46. The van der Waals surface area contributed by atoms with Crippen LogP contribution in [0.2, 0.25) is 5.02 Å². The molecule has 2 rings (SSSR count). The number of nitrogens with zero attached hydrogens (tertiary/aromatic N) is 2. The van der Waals surface area contributed by atoms with Gasteiger partial charge < -0.3 is 20.1 Å². The van der Waals surface area contributed by atoms with Crippen molar-refractivity contribution >= 4 is 41.5 Å². The molecule has 1 aromatic rings. The highest BCUT2D eigenvalue weighted by molar-refractivity contribution is 14.0. The van der Waals surface area contributed by atoms with E-state index in [1.54, 1.807) is 7.05 Å². The summed E-state index contributed by atoms with van der Waals surface area (Å²) < 4.78 is 10.9. The predicted octanol–water partition coefficient (Wildman–Crippen LogP) is 2.92. The van der Waals surface area contributed by atoms with Crippen molar-refractivity contribution in [2.75, 3.05) is 59.7 Å². The molecular weight excluding hydrogens is 479 g/mol. The second-order valence-electron chi connectivity index (χ2n) is 6.15. The van der Waals surface area contributed by atoms with E-state index in [1.807, 2.05) is 25.1 Å². The average Bonchev–Trinajstić information content (AvgIpc) is 2.67. The maximum atomic E-state index is 6.22. The number of benzene rings is 1. The first kappa shape index (κ1) is 24.4. The van der Waals surface area contributed by atoms with E-state index in [9.17, 15) is 0 Å². The summed E-state index contributed by atoms with van der Waals surface area (Å²) in [5, 5.41) is 7.55. The van der Waals surface area contributed by atoms with Crippen LogP contribution in [0.25, 0.3) is 0 Å². The molecule has 6 nitrogen and oxygen atoms in total. The fourth-order valence-corrected chi connectivity index (χ4v) is 3.20. The Bertz CT molecular complexity index is 556. The van der Waals surface area contributed by atoms with Crippen LogP contribution in [0, 0.1) is 0 Å². The molecular formula is C19H32ClIN4O2. The lowest BCUT2D eigenvalue weighted by molar-refractivity contribution is 0.0170. The Labute approximate surface area is 185 Å². The number of halogens is 2. The molecule has 0 amide bonds. The van der Waals surface area contributed by atoms with Gasteiger partial charge in [0.15, 0.2) is 5.96 Å². The second-order valence-corrected chi connectivity index (χ2v) is 6.59. The third kappa shape index (κ3) is 8.95. The largest absolute Gasteiger partial charge is 0.382 e. The van der Waals surface area contributed by atoms with E-state index in [1.165, 1.54) is 5.56 Å². The fourth-order valence-electron chi connectivity index (χ4n) is 3.00. The van der Waals surface area contributed by atoms with Crippen molar-refractivity contribution in [1.82, 2.24) is 15.5 Å². The molecule has 1 unspecified atom stereocenters. The van der Waals surface area contributed by atoms with Gasteiger partial charge in [-0.05, 0) is 31.0 Å². The Morgan fingerprint density at radius 1 is 1.33 bits per heavy atom. The summed E-state index contributed by atoms with van der Waals surface area (Å²) in [5.41, 5.74) is 1.21. The summed E-state index contributed by atoms with van der Waals surface area (Å²) >= 11 is 6.22. The molecule has 0 spiro atoms. The maximum absolute atomic E-state index is 6.22. The monoisotopic (exact) mass is 510 g/mol. The molecule has 0 radical (unpaired) electrons. The van der Waals surface area contributed by atoms with Gasteiger partial charge in [-0.1, -0.05) is 23.7 Å². The number of guanidine groups is 1. The maximum Gasteiger partial charge on any atom is 0.191 e. The molecule has 1 aliphatic heterocycles. The van der Waals surface area contributed by atoms with Crippen molar-refractivity contribution in [2.45, 2.75) is 19.4 Å². The summed E-state index contributed by atoms with van der Waals surface area (Å²) in [6.07, 6.45) is 0.954. The van der Waals surface area contributed by atoms with Crippen LogP contribution in [0.1, 0.15) is 24.9 Å². The summed E-state index contributed by atoms with van der Waals surface area (Å²) in [6.45, 7) is 8.48. The number of morpholine rings is 1. The third-order valence-electron chi connectivity index (χ3n) is 4.37. The van der Waals surface area contributed by atoms with Crippen LogP contribution in [0.4, 0.5) is 0 Å². The first-order valence-electron chi connectivity index (χ1n) is 9.34. The van der Waals surface area contributed by atoms with Gasteiger partial charge in [-0.2, -0.15) is 0 Å². The lowest BCUT2D eigenvalue weighted by atomic mass is 10.0. The molecule has 154 valence electrons. The normalized spacial score (nSPS) is 16.5. The molecule has 0 aromatic heterocycles. The zero-order valence-corrected chi connectivity index (χ0v) is 19.3. The van der Waals surface area contributed by atoms with Crippen molar-refractivity contribution in [2.24, 2.45) is 4.99 Å². The van der Waals surface area contributed by atoms with E-state index in [2.05, 4.69) is 26.6 Å². The van der Waals surface area contributed by atoms with E-state index in [0.29, 0.717) is 0 Å². The van der Waals surface area contributed by atoms with Gasteiger partial charge in [-0.15, -0.1) is 24.0 Å². The number of rotatable bonds is 9. The minimum Gasteiger partial charge on any atom is -0.382 e. The quantitative estimate of drug-likeness (QED) is 0.232. The van der Waals surface area contributed by atoms with Gasteiger partial charge in [0.2, 0.25) is 0 Å². The highest BCUT2D eigenvalue weighted by Crippen LogP contribution is 2.23. The smallest absolute Gasteiger partial charge is 0.191 e. The molecule has 2 N–H and O–H groups in total. The molecule has 27 heavy (non-hydrogen) atoms. The first-order chi connectivity index (χ1) is 12.7. The molecule has 1 saturated heterocycles. The van der Waals surface area contributed by atoms with Crippen molar-refractivity contribution in [1.29, 1.82) is 0 Å². The SMILES string of the molecule is CCOCCCNC(=NC)NCC(c1cccc(Cl)c1)N1CCOCC1.I. The Morgan fingerprint density at radius 2 is 2.11 bits per heavy atom. The molecule has 1 aliphatic rings. The Balaban J connectivity index is 0.00000364. The van der Waals surface area contributed by atoms with Crippen LogP contribution in [-0.2, 0) is 9.47 Å². The number of hydrogen-bond acceptors (Lipinski definition) is 4. The van der Waals surface area contributed by atoms with Gasteiger partial charge in [-0.25, -0.2) is 0 Å². The molecule has 0 bridgehead atoms. The minimum absolute atomic E-state index is 0. The summed E-state index contributed by atoms with van der Waals surface area (Å²) in [6, 6.07) is 8.31. The summed E-state index contributed by atoms with van der Waals surface area (Å²) in [5.74, 6) is 0.807. The van der Waals surface area contributed by atoms with Crippen LogP contribution >= 0.6 is 35.6 Å². The second kappa shape index (κ2) is 14.4. The number of nitrogens with one attached hydrogen (secondary N) is 2. The van der Waals surface area contributed by atoms with E-state index < -0.39 is 0 Å². The highest BCUT2D eigenvalue weighted by Gasteiger charge is 2.23. The van der Waals surface area contributed by atoms with Crippen molar-refractivity contribution < 1.29 is 9.47 Å². The number of ether oxygens (including phenoxy) is 2. The van der Waals surface area contributed by atoms with Gasteiger partial charge in [0.1, 0.15) is 0 Å². The standard InChI is InChI=1S/C19H31ClN4O2.HI/c1-3-25-11-5-8-22-19(21-2)23-15-18(24-9-12-26-13-10-24)16-6-4-7-17(20)14-16;/h4,6-7,14,18H,3,5,8-13,15H2,1-2H3,(H2,21,22,23);1H. The van der Waals surface area contributed by atoms with Crippen molar-refractivity contribution in [3.8, 4) is 0 Å². The van der Waals surface area contributed by atoms with Crippen molar-refractivity contribution in [3.05, 3.63) is 34.9 Å². The average molecular weight is 511 g/mol. The fraction of sp³-hybridized carbons (Fsp3) is 0.632. The van der Waals surface area contributed by atoms with Crippen LogP contribution in [0.5, 0.6) is 0 Å². The highest BCUT2D eigenvalue weighted by atomic mass is 127. The van der Waals surface area contributed by atoms with Gasteiger partial charge in [0.25, 0.3) is 0 Å². The van der Waals surface area contributed by atoms with Crippen LogP contribution < -0.4 is 10.6 Å². The van der Waals surface area contributed by atoms with E-state index in [0.717, 1.165) is 70.0 Å². The van der Waals surface area contributed by atoms with Gasteiger partial charge in [0, 0.05) is 51.5 Å². The van der Waals surface area contributed by atoms with E-state index in [4.69, 9.17) is 21.1 Å². The molecule has 1 aromatic carbocycles. The summed E-state index contributed by atoms with van der Waals surface area (Å²) in [4.78, 5) is 6.75. The third-order valence-corrected chi connectivity index (χ3v) is 4.60. The van der Waals surface area contributed by atoms with Gasteiger partial charge in [0.05, 0.1) is 19.3 Å². The molecule has 1 heterocycles. The van der Waals surface area contributed by atoms with E-state index in [-0.39, 0.29) is 30.0 Å². The zero-order valence-electron chi connectivity index (χ0n) is 16.2. The number of aliphatic imine (C=N–C) groups is 1. The van der Waals surface area contributed by atoms with Crippen molar-refractivity contribution in [3.63, 3.8) is 0 Å². The molecule has 8 heteroatoms. The number of hydrogen-bond donors (Lipinski definition) is 2. The zero-order chi connectivity index (χ0) is 18.6. The molecule has 0 aliphatic carbocycles. The lowest BCUT2D eigenvalue weighted by Gasteiger charge is -2.35. The predicted molar refractivity (Wildman–Crippen MR) is 122 cm³/mol. The first-order valence-corrected chi connectivity index (χ1v) is 9.72. The molecule has 0 saturated carbocycles. The Kier molecular flexibility index (Phi) is 13.0. The van der Waals surface area contributed by atoms with E-state index >= 15 is 0 Å². The molecule has 1 atom stereocenters.